The number of rotatable bonds is 9. The average molecular weight is 448 g/mol. The second-order valence-electron chi connectivity index (χ2n) is 6.46. The summed E-state index contributed by atoms with van der Waals surface area (Å²) in [5.41, 5.74) is 0.804. The van der Waals surface area contributed by atoms with E-state index in [1.165, 1.54) is 19.4 Å². The summed E-state index contributed by atoms with van der Waals surface area (Å²) < 4.78 is 10.9. The summed E-state index contributed by atoms with van der Waals surface area (Å²) in [5.74, 6) is 0.238. The highest BCUT2D eigenvalue weighted by Gasteiger charge is 2.22. The molecule has 0 saturated carbocycles. The van der Waals surface area contributed by atoms with Crippen LogP contribution >= 0.6 is 0 Å². The van der Waals surface area contributed by atoms with Crippen molar-refractivity contribution in [3.63, 3.8) is 0 Å². The van der Waals surface area contributed by atoms with E-state index in [0.717, 1.165) is 18.2 Å². The van der Waals surface area contributed by atoms with E-state index in [2.05, 4.69) is 11.2 Å². The number of benzene rings is 3. The molecule has 0 amide bonds. The van der Waals surface area contributed by atoms with Crippen molar-refractivity contribution in [2.75, 3.05) is 7.11 Å². The van der Waals surface area contributed by atoms with E-state index in [-0.39, 0.29) is 23.9 Å². The van der Waals surface area contributed by atoms with Crippen LogP contribution in [0.4, 0.5) is 11.4 Å². The number of non-ortho nitro benzene ring substituents is 1. The lowest BCUT2D eigenvalue weighted by molar-refractivity contribution is -0.394. The monoisotopic (exact) mass is 448 g/mol. The van der Waals surface area contributed by atoms with Crippen molar-refractivity contribution in [1.29, 1.82) is 5.26 Å². The molecule has 0 saturated heterocycles. The predicted molar refractivity (Wildman–Crippen MR) is 116 cm³/mol. The first-order chi connectivity index (χ1) is 15.9. The lowest BCUT2D eigenvalue weighted by atomic mass is 10.1. The highest BCUT2D eigenvalue weighted by atomic mass is 16.6. The maximum atomic E-state index is 11.3. The third-order valence-electron chi connectivity index (χ3n) is 4.39. The predicted octanol–water partition coefficient (Wildman–Crippen LogP) is 4.73. The van der Waals surface area contributed by atoms with E-state index in [1.807, 2.05) is 0 Å². The van der Waals surface area contributed by atoms with Gasteiger partial charge in [-0.2, -0.15) is 5.26 Å². The quantitative estimate of drug-likeness (QED) is 0.259. The van der Waals surface area contributed by atoms with Crippen molar-refractivity contribution in [2.45, 2.75) is 6.61 Å². The van der Waals surface area contributed by atoms with E-state index in [0.29, 0.717) is 16.7 Å². The molecule has 0 radical (unpaired) electrons. The Balaban J connectivity index is 1.75. The molecule has 0 spiro atoms. The van der Waals surface area contributed by atoms with Crippen LogP contribution in [0.2, 0.25) is 0 Å². The molecule has 0 aliphatic rings. The summed E-state index contributed by atoms with van der Waals surface area (Å²) in [6, 6.07) is 16.9. The molecule has 3 aromatic carbocycles. The van der Waals surface area contributed by atoms with Gasteiger partial charge in [-0.05, 0) is 30.3 Å². The Morgan fingerprint density at radius 2 is 1.76 bits per heavy atom. The fraction of sp³-hybridized carbons (Fsp3) is 0.0909. The number of nitro benzene ring substituents is 2. The van der Waals surface area contributed by atoms with Crippen LogP contribution in [-0.4, -0.2) is 23.2 Å². The molecule has 0 aromatic heterocycles. The zero-order valence-electron chi connectivity index (χ0n) is 17.2. The Kier molecular flexibility index (Phi) is 7.13. The Labute approximate surface area is 187 Å². The van der Waals surface area contributed by atoms with Crippen molar-refractivity contribution < 1.29 is 24.2 Å². The second-order valence-corrected chi connectivity index (χ2v) is 6.46. The molecule has 0 fully saturated rings. The summed E-state index contributed by atoms with van der Waals surface area (Å²) in [5, 5.41) is 35.2. The largest absolute Gasteiger partial charge is 0.493 e. The summed E-state index contributed by atoms with van der Waals surface area (Å²) in [4.78, 5) is 26.0. The van der Waals surface area contributed by atoms with Crippen LogP contribution < -0.4 is 9.47 Å². The molecular formula is C22H16N4O7. The molecule has 0 aliphatic carbocycles. The van der Waals surface area contributed by atoms with E-state index >= 15 is 0 Å². The fourth-order valence-corrected chi connectivity index (χ4v) is 2.78. The maximum Gasteiger partial charge on any atom is 0.318 e. The molecule has 0 bridgehead atoms. The first kappa shape index (κ1) is 22.7. The van der Waals surface area contributed by atoms with Gasteiger partial charge in [-0.1, -0.05) is 23.4 Å². The van der Waals surface area contributed by atoms with Crippen LogP contribution in [-0.2, 0) is 11.4 Å². The molecular weight excluding hydrogens is 432 g/mol. The number of nitriles is 1. The SMILES string of the molecule is COc1cc(/C=N\OCc2ccccc2C#N)ccc1Oc1ccc([N+](=O)[O-])cc1[N+](=O)[O-]. The van der Waals surface area contributed by atoms with E-state index in [4.69, 9.17) is 19.6 Å². The molecule has 0 unspecified atom stereocenters. The van der Waals surface area contributed by atoms with E-state index < -0.39 is 21.2 Å². The minimum absolute atomic E-state index is 0.113. The zero-order valence-corrected chi connectivity index (χ0v) is 17.2. The van der Waals surface area contributed by atoms with Crippen LogP contribution in [0.5, 0.6) is 17.2 Å². The number of hydrogen-bond donors (Lipinski definition) is 0. The lowest BCUT2D eigenvalue weighted by Gasteiger charge is -2.11. The number of hydrogen-bond acceptors (Lipinski definition) is 9. The van der Waals surface area contributed by atoms with Crippen molar-refractivity contribution in [3.8, 4) is 23.3 Å². The first-order valence-electron chi connectivity index (χ1n) is 9.35. The molecule has 11 heteroatoms. The van der Waals surface area contributed by atoms with Gasteiger partial charge in [0.25, 0.3) is 5.69 Å². The number of oxime groups is 1. The zero-order chi connectivity index (χ0) is 23.8. The van der Waals surface area contributed by atoms with Gasteiger partial charge in [-0.25, -0.2) is 0 Å². The van der Waals surface area contributed by atoms with Gasteiger partial charge < -0.3 is 14.3 Å². The average Bonchev–Trinajstić information content (AvgIpc) is 2.82. The Hall–Kier alpha value is -4.98. The molecule has 0 aliphatic heterocycles. The third kappa shape index (κ3) is 5.59. The second kappa shape index (κ2) is 10.4. The van der Waals surface area contributed by atoms with Gasteiger partial charge in [0.05, 0.1) is 40.9 Å². The first-order valence-corrected chi connectivity index (χ1v) is 9.35. The van der Waals surface area contributed by atoms with Crippen LogP contribution in [0, 0.1) is 31.6 Å². The molecule has 0 atom stereocenters. The Morgan fingerprint density at radius 1 is 1.00 bits per heavy atom. The Bertz CT molecular complexity index is 1270. The van der Waals surface area contributed by atoms with Crippen molar-refractivity contribution >= 4 is 17.6 Å². The highest BCUT2D eigenvalue weighted by Crippen LogP contribution is 2.38. The number of methoxy groups -OCH3 is 1. The van der Waals surface area contributed by atoms with Gasteiger partial charge in [0.2, 0.25) is 5.75 Å². The molecule has 166 valence electrons. The van der Waals surface area contributed by atoms with Crippen LogP contribution in [0.1, 0.15) is 16.7 Å². The van der Waals surface area contributed by atoms with Gasteiger partial charge in [0.1, 0.15) is 6.61 Å². The van der Waals surface area contributed by atoms with Crippen LogP contribution in [0.3, 0.4) is 0 Å². The number of nitrogens with zero attached hydrogens (tertiary/aromatic N) is 4. The van der Waals surface area contributed by atoms with Gasteiger partial charge >= 0.3 is 5.69 Å². The summed E-state index contributed by atoms with van der Waals surface area (Å²) >= 11 is 0. The molecule has 0 N–H and O–H groups in total. The highest BCUT2D eigenvalue weighted by molar-refractivity contribution is 5.80. The minimum atomic E-state index is -0.766. The minimum Gasteiger partial charge on any atom is -0.493 e. The summed E-state index contributed by atoms with van der Waals surface area (Å²) in [7, 11) is 1.39. The molecule has 33 heavy (non-hydrogen) atoms. The van der Waals surface area contributed by atoms with Gasteiger partial charge in [-0.15, -0.1) is 0 Å². The van der Waals surface area contributed by atoms with Gasteiger partial charge in [0, 0.05) is 17.2 Å². The van der Waals surface area contributed by atoms with Gasteiger partial charge in [-0.3, -0.25) is 20.2 Å². The summed E-state index contributed by atoms with van der Waals surface area (Å²) in [6.45, 7) is 0.113. The van der Waals surface area contributed by atoms with Crippen molar-refractivity contribution in [1.82, 2.24) is 0 Å². The Morgan fingerprint density at radius 3 is 2.45 bits per heavy atom. The number of ether oxygens (including phenoxy) is 2. The van der Waals surface area contributed by atoms with Crippen LogP contribution in [0.25, 0.3) is 0 Å². The number of nitro groups is 2. The topological polar surface area (TPSA) is 150 Å². The van der Waals surface area contributed by atoms with Gasteiger partial charge in [0.15, 0.2) is 11.5 Å². The standard InChI is InChI=1S/C22H16N4O7/c1-31-22-10-15(13-24-32-14-17-5-3-2-4-16(17)12-23)6-8-21(22)33-20-9-7-18(25(27)28)11-19(20)26(29)30/h2-11,13H,14H2,1H3/b24-13-. The molecule has 11 nitrogen and oxygen atoms in total. The maximum absolute atomic E-state index is 11.3. The van der Waals surface area contributed by atoms with Crippen molar-refractivity contribution in [3.05, 3.63) is 97.6 Å². The molecule has 3 aromatic rings. The van der Waals surface area contributed by atoms with Crippen molar-refractivity contribution in [2.24, 2.45) is 5.16 Å². The van der Waals surface area contributed by atoms with E-state index in [9.17, 15) is 20.2 Å². The van der Waals surface area contributed by atoms with Crippen LogP contribution in [0.15, 0.2) is 65.8 Å². The smallest absolute Gasteiger partial charge is 0.318 e. The third-order valence-corrected chi connectivity index (χ3v) is 4.39. The van der Waals surface area contributed by atoms with E-state index in [1.54, 1.807) is 36.4 Å². The lowest BCUT2D eigenvalue weighted by Crippen LogP contribution is -1.98. The fourth-order valence-electron chi connectivity index (χ4n) is 2.78. The summed E-state index contributed by atoms with van der Waals surface area (Å²) in [6.07, 6.45) is 1.43. The molecule has 3 rings (SSSR count). The normalized spacial score (nSPS) is 10.4. The molecule has 0 heterocycles.